The van der Waals surface area contributed by atoms with Crippen molar-refractivity contribution in [2.24, 2.45) is 0 Å². The van der Waals surface area contributed by atoms with Gasteiger partial charge in [0.05, 0.1) is 16.2 Å². The second-order valence-electron chi connectivity index (χ2n) is 7.08. The van der Waals surface area contributed by atoms with E-state index in [0.29, 0.717) is 21.9 Å². The summed E-state index contributed by atoms with van der Waals surface area (Å²) in [4.78, 5) is 28.5. The van der Waals surface area contributed by atoms with Crippen LogP contribution in [0.15, 0.2) is 83.8 Å². The zero-order valence-electron chi connectivity index (χ0n) is 16.4. The van der Waals surface area contributed by atoms with Crippen LogP contribution in [-0.4, -0.2) is 11.8 Å². The predicted molar refractivity (Wildman–Crippen MR) is 120 cm³/mol. The Labute approximate surface area is 175 Å². The van der Waals surface area contributed by atoms with Crippen LogP contribution in [-0.2, 0) is 15.3 Å². The van der Waals surface area contributed by atoms with Crippen LogP contribution >= 0.6 is 11.8 Å². The van der Waals surface area contributed by atoms with E-state index >= 15 is 0 Å². The van der Waals surface area contributed by atoms with Crippen molar-refractivity contribution in [3.8, 4) is 0 Å². The molecule has 1 aliphatic rings. The molecule has 0 bridgehead atoms. The molecule has 3 nitrogen and oxygen atoms in total. The van der Waals surface area contributed by atoms with Crippen molar-refractivity contribution in [3.63, 3.8) is 0 Å². The Morgan fingerprint density at radius 3 is 2.10 bits per heavy atom. The Bertz CT molecular complexity index is 1100. The minimum absolute atomic E-state index is 0.253. The first kappa shape index (κ1) is 19.2. The highest BCUT2D eigenvalue weighted by molar-refractivity contribution is 8.03. The number of imide groups is 1. The minimum Gasteiger partial charge on any atom is -0.268 e. The van der Waals surface area contributed by atoms with E-state index in [4.69, 9.17) is 0 Å². The lowest BCUT2D eigenvalue weighted by Crippen LogP contribution is -2.31. The van der Waals surface area contributed by atoms with Crippen molar-refractivity contribution in [1.29, 1.82) is 0 Å². The summed E-state index contributed by atoms with van der Waals surface area (Å²) in [7, 11) is 0. The van der Waals surface area contributed by atoms with E-state index in [1.54, 1.807) is 12.1 Å². The van der Waals surface area contributed by atoms with E-state index in [1.165, 1.54) is 16.7 Å². The van der Waals surface area contributed by atoms with Gasteiger partial charge in [0.15, 0.2) is 0 Å². The van der Waals surface area contributed by atoms with Gasteiger partial charge < -0.3 is 0 Å². The highest BCUT2D eigenvalue weighted by Gasteiger charge is 2.40. The van der Waals surface area contributed by atoms with Crippen LogP contribution < -0.4 is 4.90 Å². The molecule has 0 fully saturated rings. The van der Waals surface area contributed by atoms with Gasteiger partial charge in [-0.25, -0.2) is 4.90 Å². The van der Waals surface area contributed by atoms with E-state index in [2.05, 4.69) is 0 Å². The van der Waals surface area contributed by atoms with Crippen LogP contribution in [0.5, 0.6) is 0 Å². The van der Waals surface area contributed by atoms with Gasteiger partial charge in [-0.2, -0.15) is 0 Å². The molecule has 0 aliphatic carbocycles. The third kappa shape index (κ3) is 3.76. The molecule has 0 N–H and O–H groups in total. The summed E-state index contributed by atoms with van der Waals surface area (Å²) >= 11 is 1.43. The van der Waals surface area contributed by atoms with Gasteiger partial charge in [-0.15, -0.1) is 11.8 Å². The van der Waals surface area contributed by atoms with Gasteiger partial charge >= 0.3 is 0 Å². The number of carbonyl (C=O) groups is 2. The summed E-state index contributed by atoms with van der Waals surface area (Å²) in [5, 5.41) is 0. The lowest BCUT2D eigenvalue weighted by atomic mass is 9.99. The number of aryl methyl sites for hydroxylation is 2. The average molecular weight is 400 g/mol. The van der Waals surface area contributed by atoms with Gasteiger partial charge in [0.25, 0.3) is 11.8 Å². The second kappa shape index (κ2) is 8.10. The summed E-state index contributed by atoms with van der Waals surface area (Å²) in [5.41, 5.74) is 5.15. The molecule has 2 amide bonds. The molecule has 4 rings (SSSR count). The standard InChI is InChI=1S/C25H21NO2S/c1-17-13-14-21(18(2)15-17)22-23(29-16-19-9-5-3-6-10-19)25(28)26(24(22)27)20-11-7-4-8-12-20/h3-15H,16H2,1-2H3. The molecule has 0 unspecified atom stereocenters. The molecule has 1 heterocycles. The molecule has 29 heavy (non-hydrogen) atoms. The van der Waals surface area contributed by atoms with Crippen molar-refractivity contribution < 1.29 is 9.59 Å². The van der Waals surface area contributed by atoms with Gasteiger partial charge in [0.2, 0.25) is 0 Å². The largest absolute Gasteiger partial charge is 0.272 e. The molecule has 0 radical (unpaired) electrons. The topological polar surface area (TPSA) is 37.4 Å². The lowest BCUT2D eigenvalue weighted by molar-refractivity contribution is -0.119. The van der Waals surface area contributed by atoms with E-state index in [0.717, 1.165) is 22.3 Å². The molecule has 4 heteroatoms. The van der Waals surface area contributed by atoms with Crippen LogP contribution in [0.4, 0.5) is 5.69 Å². The fourth-order valence-corrected chi connectivity index (χ4v) is 4.58. The van der Waals surface area contributed by atoms with Crippen LogP contribution in [0, 0.1) is 13.8 Å². The molecule has 0 aromatic heterocycles. The number of anilines is 1. The normalized spacial score (nSPS) is 14.1. The van der Waals surface area contributed by atoms with Crippen molar-refractivity contribution in [3.05, 3.63) is 106 Å². The van der Waals surface area contributed by atoms with E-state index in [9.17, 15) is 9.59 Å². The predicted octanol–water partition coefficient (Wildman–Crippen LogP) is 5.52. The Kier molecular flexibility index (Phi) is 5.36. The molecule has 0 spiro atoms. The molecule has 1 aliphatic heterocycles. The van der Waals surface area contributed by atoms with Crippen LogP contribution in [0.3, 0.4) is 0 Å². The van der Waals surface area contributed by atoms with Crippen LogP contribution in [0.1, 0.15) is 22.3 Å². The van der Waals surface area contributed by atoms with Gasteiger partial charge in [0, 0.05) is 5.75 Å². The second-order valence-corrected chi connectivity index (χ2v) is 8.06. The molecule has 0 atom stereocenters. The first-order valence-electron chi connectivity index (χ1n) is 9.48. The number of nitrogens with zero attached hydrogens (tertiary/aromatic N) is 1. The van der Waals surface area contributed by atoms with Gasteiger partial charge in [-0.1, -0.05) is 72.3 Å². The van der Waals surface area contributed by atoms with Crippen molar-refractivity contribution in [2.45, 2.75) is 19.6 Å². The number of thioether (sulfide) groups is 1. The Balaban J connectivity index is 1.78. The summed E-state index contributed by atoms with van der Waals surface area (Å²) in [6.45, 7) is 4.01. The molecular weight excluding hydrogens is 378 g/mol. The molecule has 0 saturated heterocycles. The van der Waals surface area contributed by atoms with E-state index in [1.807, 2.05) is 80.6 Å². The SMILES string of the molecule is Cc1ccc(C2=C(SCc3ccccc3)C(=O)N(c3ccccc3)C2=O)c(C)c1. The molecule has 0 saturated carbocycles. The number of benzene rings is 3. The zero-order chi connectivity index (χ0) is 20.4. The number of hydrogen-bond acceptors (Lipinski definition) is 3. The monoisotopic (exact) mass is 399 g/mol. The summed E-state index contributed by atoms with van der Waals surface area (Å²) < 4.78 is 0. The van der Waals surface area contributed by atoms with Crippen LogP contribution in [0.2, 0.25) is 0 Å². The number of para-hydroxylation sites is 1. The van der Waals surface area contributed by atoms with Crippen molar-refractivity contribution in [2.75, 3.05) is 4.90 Å². The fraction of sp³-hybridized carbons (Fsp3) is 0.120. The highest BCUT2D eigenvalue weighted by atomic mass is 32.2. The summed E-state index contributed by atoms with van der Waals surface area (Å²) in [6, 6.07) is 25.1. The smallest absolute Gasteiger partial charge is 0.268 e. The number of rotatable bonds is 5. The van der Waals surface area contributed by atoms with Crippen LogP contribution in [0.25, 0.3) is 5.57 Å². The summed E-state index contributed by atoms with van der Waals surface area (Å²) in [6.07, 6.45) is 0. The highest BCUT2D eigenvalue weighted by Crippen LogP contribution is 2.40. The first-order valence-corrected chi connectivity index (χ1v) is 10.5. The maximum atomic E-state index is 13.4. The number of hydrogen-bond donors (Lipinski definition) is 0. The number of amides is 2. The average Bonchev–Trinajstić information content (AvgIpc) is 2.97. The Morgan fingerprint density at radius 2 is 1.45 bits per heavy atom. The zero-order valence-corrected chi connectivity index (χ0v) is 17.2. The minimum atomic E-state index is -0.260. The summed E-state index contributed by atoms with van der Waals surface area (Å²) in [5.74, 6) is 0.118. The third-order valence-electron chi connectivity index (χ3n) is 4.93. The van der Waals surface area contributed by atoms with Crippen molar-refractivity contribution in [1.82, 2.24) is 0 Å². The first-order chi connectivity index (χ1) is 14.1. The number of carbonyl (C=O) groups excluding carboxylic acids is 2. The van der Waals surface area contributed by atoms with Gasteiger partial charge in [0.1, 0.15) is 0 Å². The fourth-order valence-electron chi connectivity index (χ4n) is 3.52. The third-order valence-corrected chi connectivity index (χ3v) is 6.08. The van der Waals surface area contributed by atoms with E-state index in [-0.39, 0.29) is 11.8 Å². The lowest BCUT2D eigenvalue weighted by Gasteiger charge is -2.15. The Morgan fingerprint density at radius 1 is 0.793 bits per heavy atom. The van der Waals surface area contributed by atoms with E-state index < -0.39 is 0 Å². The molecule has 144 valence electrons. The van der Waals surface area contributed by atoms with Gasteiger partial charge in [-0.05, 0) is 42.7 Å². The quantitative estimate of drug-likeness (QED) is 0.530. The van der Waals surface area contributed by atoms with Crippen molar-refractivity contribution >= 4 is 34.8 Å². The maximum Gasteiger partial charge on any atom is 0.272 e. The maximum absolute atomic E-state index is 13.4. The molecule has 3 aromatic rings. The molecular formula is C25H21NO2S. The molecule has 3 aromatic carbocycles. The Hall–Kier alpha value is -3.11. The van der Waals surface area contributed by atoms with Gasteiger partial charge in [-0.3, -0.25) is 9.59 Å².